The lowest BCUT2D eigenvalue weighted by Gasteiger charge is -2.27. The van der Waals surface area contributed by atoms with Gasteiger partial charge < -0.3 is 10.4 Å². The monoisotopic (exact) mass is 227 g/mol. The summed E-state index contributed by atoms with van der Waals surface area (Å²) in [5.74, 6) is -1.05. The number of nitrogens with one attached hydrogen (secondary N) is 1. The largest absolute Gasteiger partial charge is 0.480 e. The summed E-state index contributed by atoms with van der Waals surface area (Å²) < 4.78 is 0. The standard InChI is InChI=1S/C12H21NO3/c1-3-9(4-2)10(14)13-12(11(15)16)7-5-6-8-12/h9H,3-8H2,1-2H3,(H,13,14)(H,15,16). The van der Waals surface area contributed by atoms with Gasteiger partial charge in [0.25, 0.3) is 0 Å². The Labute approximate surface area is 96.4 Å². The van der Waals surface area contributed by atoms with Crippen molar-refractivity contribution in [2.24, 2.45) is 5.92 Å². The predicted octanol–water partition coefficient (Wildman–Crippen LogP) is 1.94. The molecule has 0 aromatic rings. The molecule has 1 saturated carbocycles. The highest BCUT2D eigenvalue weighted by Gasteiger charge is 2.43. The number of rotatable bonds is 5. The van der Waals surface area contributed by atoms with Gasteiger partial charge in [-0.3, -0.25) is 4.79 Å². The summed E-state index contributed by atoms with van der Waals surface area (Å²) in [6, 6.07) is 0. The van der Waals surface area contributed by atoms with Gasteiger partial charge in [0, 0.05) is 5.92 Å². The van der Waals surface area contributed by atoms with Gasteiger partial charge in [-0.05, 0) is 25.7 Å². The fraction of sp³-hybridized carbons (Fsp3) is 0.833. The fourth-order valence-corrected chi connectivity index (χ4v) is 2.37. The Hall–Kier alpha value is -1.06. The van der Waals surface area contributed by atoms with Crippen LogP contribution in [-0.4, -0.2) is 22.5 Å². The number of amides is 1. The van der Waals surface area contributed by atoms with Crippen LogP contribution in [0.1, 0.15) is 52.4 Å². The van der Waals surface area contributed by atoms with Crippen LogP contribution < -0.4 is 5.32 Å². The average molecular weight is 227 g/mol. The molecule has 0 saturated heterocycles. The summed E-state index contributed by atoms with van der Waals surface area (Å²) in [7, 11) is 0. The highest BCUT2D eigenvalue weighted by atomic mass is 16.4. The van der Waals surface area contributed by atoms with Gasteiger partial charge in [0.2, 0.25) is 5.91 Å². The Bertz CT molecular complexity index is 265. The molecule has 16 heavy (non-hydrogen) atoms. The van der Waals surface area contributed by atoms with Crippen LogP contribution in [0.2, 0.25) is 0 Å². The zero-order chi connectivity index (χ0) is 12.2. The molecule has 0 atom stereocenters. The summed E-state index contributed by atoms with van der Waals surface area (Å²) in [6.07, 6.45) is 4.42. The minimum atomic E-state index is -0.986. The molecule has 0 spiro atoms. The number of carboxylic acids is 1. The van der Waals surface area contributed by atoms with Crippen molar-refractivity contribution in [3.63, 3.8) is 0 Å². The molecule has 2 N–H and O–H groups in total. The van der Waals surface area contributed by atoms with Crippen molar-refractivity contribution >= 4 is 11.9 Å². The topological polar surface area (TPSA) is 66.4 Å². The predicted molar refractivity (Wildman–Crippen MR) is 61.0 cm³/mol. The van der Waals surface area contributed by atoms with Crippen molar-refractivity contribution < 1.29 is 14.7 Å². The summed E-state index contributed by atoms with van der Waals surface area (Å²) in [4.78, 5) is 23.1. The normalized spacial score (nSPS) is 18.7. The highest BCUT2D eigenvalue weighted by Crippen LogP contribution is 2.30. The average Bonchev–Trinajstić information content (AvgIpc) is 2.69. The first-order valence-electron chi connectivity index (χ1n) is 6.11. The van der Waals surface area contributed by atoms with E-state index in [2.05, 4.69) is 5.32 Å². The zero-order valence-electron chi connectivity index (χ0n) is 10.1. The molecule has 1 fully saturated rings. The molecular formula is C12H21NO3. The zero-order valence-corrected chi connectivity index (χ0v) is 10.1. The van der Waals surface area contributed by atoms with Gasteiger partial charge in [-0.15, -0.1) is 0 Å². The lowest BCUT2D eigenvalue weighted by molar-refractivity contribution is -0.148. The van der Waals surface area contributed by atoms with Gasteiger partial charge in [-0.25, -0.2) is 4.79 Å². The van der Waals surface area contributed by atoms with Crippen LogP contribution in [0.25, 0.3) is 0 Å². The second-order valence-electron chi connectivity index (χ2n) is 4.60. The molecule has 92 valence electrons. The quantitative estimate of drug-likeness (QED) is 0.754. The summed E-state index contributed by atoms with van der Waals surface area (Å²) >= 11 is 0. The van der Waals surface area contributed by atoms with Crippen LogP contribution in [0.3, 0.4) is 0 Å². The maximum atomic E-state index is 11.9. The van der Waals surface area contributed by atoms with E-state index < -0.39 is 11.5 Å². The van der Waals surface area contributed by atoms with Crippen molar-refractivity contribution in [2.45, 2.75) is 57.9 Å². The van der Waals surface area contributed by atoms with Gasteiger partial charge in [0.15, 0.2) is 0 Å². The molecular weight excluding hydrogens is 206 g/mol. The van der Waals surface area contributed by atoms with Crippen molar-refractivity contribution in [3.8, 4) is 0 Å². The molecule has 0 aromatic heterocycles. The Morgan fingerprint density at radius 1 is 1.25 bits per heavy atom. The lowest BCUT2D eigenvalue weighted by Crippen LogP contribution is -2.54. The number of hydrogen-bond donors (Lipinski definition) is 2. The molecule has 4 nitrogen and oxygen atoms in total. The van der Waals surface area contributed by atoms with Crippen LogP contribution in [-0.2, 0) is 9.59 Å². The van der Waals surface area contributed by atoms with E-state index in [4.69, 9.17) is 0 Å². The Balaban J connectivity index is 2.69. The van der Waals surface area contributed by atoms with E-state index in [1.54, 1.807) is 0 Å². The van der Waals surface area contributed by atoms with Gasteiger partial charge in [0.05, 0.1) is 0 Å². The van der Waals surface area contributed by atoms with Gasteiger partial charge >= 0.3 is 5.97 Å². The smallest absolute Gasteiger partial charge is 0.329 e. The minimum Gasteiger partial charge on any atom is -0.480 e. The Morgan fingerprint density at radius 2 is 1.75 bits per heavy atom. The molecule has 0 aromatic carbocycles. The summed E-state index contributed by atoms with van der Waals surface area (Å²) in [5.41, 5.74) is -0.986. The third-order valence-corrected chi connectivity index (χ3v) is 3.59. The van der Waals surface area contributed by atoms with Crippen LogP contribution in [0.5, 0.6) is 0 Å². The van der Waals surface area contributed by atoms with Crippen LogP contribution >= 0.6 is 0 Å². The van der Waals surface area contributed by atoms with Crippen LogP contribution in [0, 0.1) is 5.92 Å². The SMILES string of the molecule is CCC(CC)C(=O)NC1(C(=O)O)CCCC1. The van der Waals surface area contributed by atoms with E-state index in [-0.39, 0.29) is 11.8 Å². The van der Waals surface area contributed by atoms with Crippen LogP contribution in [0.4, 0.5) is 0 Å². The van der Waals surface area contributed by atoms with E-state index >= 15 is 0 Å². The third kappa shape index (κ3) is 2.54. The summed E-state index contributed by atoms with van der Waals surface area (Å²) in [6.45, 7) is 3.91. The van der Waals surface area contributed by atoms with E-state index in [0.29, 0.717) is 12.8 Å². The lowest BCUT2D eigenvalue weighted by atomic mass is 9.95. The number of carboxylic acid groups (broad SMARTS) is 1. The minimum absolute atomic E-state index is 0.0585. The Kier molecular flexibility index (Phi) is 4.33. The van der Waals surface area contributed by atoms with Crippen molar-refractivity contribution in [3.05, 3.63) is 0 Å². The second kappa shape index (κ2) is 5.32. The summed E-state index contributed by atoms with van der Waals surface area (Å²) in [5, 5.41) is 12.0. The molecule has 0 radical (unpaired) electrons. The van der Waals surface area contributed by atoms with Gasteiger partial charge in [-0.2, -0.15) is 0 Å². The molecule has 4 heteroatoms. The highest BCUT2D eigenvalue weighted by molar-refractivity contribution is 5.88. The van der Waals surface area contributed by atoms with E-state index in [1.807, 2.05) is 13.8 Å². The molecule has 1 rings (SSSR count). The van der Waals surface area contributed by atoms with Crippen molar-refractivity contribution in [1.29, 1.82) is 0 Å². The molecule has 0 unspecified atom stereocenters. The maximum absolute atomic E-state index is 11.9. The molecule has 0 heterocycles. The van der Waals surface area contributed by atoms with Crippen molar-refractivity contribution in [2.75, 3.05) is 0 Å². The Morgan fingerprint density at radius 3 is 2.12 bits per heavy atom. The first-order valence-corrected chi connectivity index (χ1v) is 6.11. The van der Waals surface area contributed by atoms with E-state index in [9.17, 15) is 14.7 Å². The molecule has 0 aliphatic heterocycles. The molecule has 1 aliphatic rings. The van der Waals surface area contributed by atoms with Gasteiger partial charge in [-0.1, -0.05) is 26.7 Å². The number of aliphatic carboxylic acids is 1. The molecule has 0 bridgehead atoms. The number of carbonyl (C=O) groups excluding carboxylic acids is 1. The molecule has 1 aliphatic carbocycles. The fourth-order valence-electron chi connectivity index (χ4n) is 2.37. The van der Waals surface area contributed by atoms with Gasteiger partial charge in [0.1, 0.15) is 5.54 Å². The third-order valence-electron chi connectivity index (χ3n) is 3.59. The van der Waals surface area contributed by atoms with E-state index in [1.165, 1.54) is 0 Å². The number of carbonyl (C=O) groups is 2. The second-order valence-corrected chi connectivity index (χ2v) is 4.60. The molecule has 1 amide bonds. The maximum Gasteiger partial charge on any atom is 0.329 e. The van der Waals surface area contributed by atoms with Crippen molar-refractivity contribution in [1.82, 2.24) is 5.32 Å². The number of hydrogen-bond acceptors (Lipinski definition) is 2. The van der Waals surface area contributed by atoms with E-state index in [0.717, 1.165) is 25.7 Å². The van der Waals surface area contributed by atoms with Crippen LogP contribution in [0.15, 0.2) is 0 Å². The first kappa shape index (κ1) is 13.0. The first-order chi connectivity index (χ1) is 7.55.